The van der Waals surface area contributed by atoms with Gasteiger partial charge < -0.3 is 14.5 Å². The van der Waals surface area contributed by atoms with Crippen LogP contribution in [0.15, 0.2) is 42.5 Å². The van der Waals surface area contributed by atoms with Gasteiger partial charge in [0.2, 0.25) is 5.91 Å². The summed E-state index contributed by atoms with van der Waals surface area (Å²) in [6.45, 7) is 5.29. The normalized spacial score (nSPS) is 19.0. The summed E-state index contributed by atoms with van der Waals surface area (Å²) in [5.74, 6) is 1.23. The summed E-state index contributed by atoms with van der Waals surface area (Å²) < 4.78 is 5.94. The number of carbonyl (C=O) groups excluding carboxylic acids is 2. The molecule has 0 N–H and O–H groups in total. The average Bonchev–Trinajstić information content (AvgIpc) is 3.18. The Kier molecular flexibility index (Phi) is 6.85. The number of pyridine rings is 1. The minimum absolute atomic E-state index is 0.0229. The van der Waals surface area contributed by atoms with Gasteiger partial charge in [-0.25, -0.2) is 0 Å². The maximum Gasteiger partial charge on any atom is 0.257 e. The Bertz CT molecular complexity index is 930. The number of aryl methyl sites for hydroxylation is 1. The highest BCUT2D eigenvalue weighted by Crippen LogP contribution is 2.25. The second-order valence-electron chi connectivity index (χ2n) is 8.56. The summed E-state index contributed by atoms with van der Waals surface area (Å²) in [5, 5.41) is 0. The van der Waals surface area contributed by atoms with Gasteiger partial charge in [0.25, 0.3) is 5.91 Å². The van der Waals surface area contributed by atoms with Gasteiger partial charge in [-0.15, -0.1) is 0 Å². The zero-order valence-corrected chi connectivity index (χ0v) is 18.3. The molecular formula is C25H31N3O3. The number of amides is 2. The Balaban J connectivity index is 1.37. The molecule has 4 rings (SSSR count). The number of rotatable bonds is 7. The number of hydrogen-bond acceptors (Lipinski definition) is 4. The number of ether oxygens (including phenoxy) is 1. The highest BCUT2D eigenvalue weighted by Gasteiger charge is 2.27. The summed E-state index contributed by atoms with van der Waals surface area (Å²) in [7, 11) is 0. The van der Waals surface area contributed by atoms with Crippen LogP contribution in [0, 0.1) is 12.8 Å². The van der Waals surface area contributed by atoms with E-state index in [0.717, 1.165) is 56.7 Å². The van der Waals surface area contributed by atoms with E-state index < -0.39 is 0 Å². The van der Waals surface area contributed by atoms with Crippen molar-refractivity contribution in [3.63, 3.8) is 0 Å². The highest BCUT2D eigenvalue weighted by atomic mass is 16.5. The van der Waals surface area contributed by atoms with E-state index in [9.17, 15) is 9.59 Å². The number of carbonyl (C=O) groups is 2. The number of nitrogens with zero attached hydrogens (tertiary/aromatic N) is 3. The average molecular weight is 422 g/mol. The van der Waals surface area contributed by atoms with Gasteiger partial charge in [0.15, 0.2) is 0 Å². The van der Waals surface area contributed by atoms with Crippen molar-refractivity contribution >= 4 is 11.8 Å². The second kappa shape index (κ2) is 9.94. The van der Waals surface area contributed by atoms with Crippen LogP contribution in [0.2, 0.25) is 0 Å². The first kappa shape index (κ1) is 21.3. The van der Waals surface area contributed by atoms with Crippen LogP contribution >= 0.6 is 0 Å². The van der Waals surface area contributed by atoms with Crippen molar-refractivity contribution in [1.82, 2.24) is 14.8 Å². The fraction of sp³-hybridized carbons (Fsp3) is 0.480. The molecule has 0 aliphatic carbocycles. The van der Waals surface area contributed by atoms with Crippen LogP contribution in [0.3, 0.4) is 0 Å². The van der Waals surface area contributed by atoms with Gasteiger partial charge in [-0.2, -0.15) is 0 Å². The van der Waals surface area contributed by atoms with Gasteiger partial charge in [0.1, 0.15) is 12.4 Å². The summed E-state index contributed by atoms with van der Waals surface area (Å²) in [6, 6.07) is 13.6. The Labute approximate surface area is 184 Å². The second-order valence-corrected chi connectivity index (χ2v) is 8.56. The SMILES string of the molecule is Cc1cccc(CC2CCCN(C(=O)c3ccccc3OCCN3CCCC3=O)C2)n1. The molecule has 1 atom stereocenters. The first-order chi connectivity index (χ1) is 15.1. The molecule has 1 aromatic carbocycles. The molecule has 31 heavy (non-hydrogen) atoms. The quantitative estimate of drug-likeness (QED) is 0.687. The fourth-order valence-electron chi connectivity index (χ4n) is 4.57. The van der Waals surface area contributed by atoms with Crippen molar-refractivity contribution in [2.75, 3.05) is 32.8 Å². The summed E-state index contributed by atoms with van der Waals surface area (Å²) in [6.07, 6.45) is 4.56. The van der Waals surface area contributed by atoms with E-state index in [1.807, 2.05) is 53.1 Å². The molecule has 164 valence electrons. The minimum Gasteiger partial charge on any atom is -0.491 e. The van der Waals surface area contributed by atoms with E-state index in [1.165, 1.54) is 0 Å². The van der Waals surface area contributed by atoms with Gasteiger partial charge in [-0.3, -0.25) is 14.6 Å². The zero-order chi connectivity index (χ0) is 21.6. The van der Waals surface area contributed by atoms with Gasteiger partial charge in [-0.05, 0) is 62.8 Å². The lowest BCUT2D eigenvalue weighted by atomic mass is 9.92. The van der Waals surface area contributed by atoms with Gasteiger partial charge >= 0.3 is 0 Å². The van der Waals surface area contributed by atoms with Crippen molar-refractivity contribution in [2.24, 2.45) is 5.92 Å². The number of hydrogen-bond donors (Lipinski definition) is 0. The maximum atomic E-state index is 13.3. The van der Waals surface area contributed by atoms with Crippen molar-refractivity contribution in [1.29, 1.82) is 0 Å². The first-order valence-corrected chi connectivity index (χ1v) is 11.3. The summed E-state index contributed by atoms with van der Waals surface area (Å²) in [5.41, 5.74) is 2.73. The van der Waals surface area contributed by atoms with Crippen LogP contribution < -0.4 is 4.74 Å². The molecular weight excluding hydrogens is 390 g/mol. The molecule has 2 aliphatic heterocycles. The van der Waals surface area contributed by atoms with E-state index in [4.69, 9.17) is 4.74 Å². The minimum atomic E-state index is 0.0229. The van der Waals surface area contributed by atoms with Gasteiger partial charge in [-0.1, -0.05) is 18.2 Å². The van der Waals surface area contributed by atoms with Gasteiger partial charge in [0, 0.05) is 37.4 Å². The number of benzene rings is 1. The Morgan fingerprint density at radius 3 is 2.81 bits per heavy atom. The molecule has 6 nitrogen and oxygen atoms in total. The third kappa shape index (κ3) is 5.43. The number of piperidine rings is 1. The standard InChI is InChI=1S/C25H31N3O3/c1-19-7-4-9-21(26-19)17-20-8-5-14-28(18-20)25(30)22-10-2-3-11-23(22)31-16-15-27-13-6-12-24(27)29/h2-4,7,9-11,20H,5-6,8,12-18H2,1H3. The monoisotopic (exact) mass is 421 g/mol. The fourth-order valence-corrected chi connectivity index (χ4v) is 4.57. The van der Waals surface area contributed by atoms with Crippen LogP contribution in [0.25, 0.3) is 0 Å². The molecule has 2 aromatic rings. The predicted octanol–water partition coefficient (Wildman–Crippen LogP) is 3.49. The topological polar surface area (TPSA) is 62.7 Å². The van der Waals surface area contributed by atoms with Gasteiger partial charge in [0.05, 0.1) is 12.1 Å². The highest BCUT2D eigenvalue weighted by molar-refractivity contribution is 5.97. The Morgan fingerprint density at radius 2 is 2.00 bits per heavy atom. The van der Waals surface area contributed by atoms with Crippen molar-refractivity contribution in [3.8, 4) is 5.75 Å². The van der Waals surface area contributed by atoms with Crippen LogP contribution in [0.4, 0.5) is 0 Å². The molecule has 6 heteroatoms. The van der Waals surface area contributed by atoms with Crippen molar-refractivity contribution in [3.05, 3.63) is 59.4 Å². The smallest absolute Gasteiger partial charge is 0.257 e. The number of likely N-dealkylation sites (tertiary alicyclic amines) is 2. The van der Waals surface area contributed by atoms with E-state index in [1.54, 1.807) is 0 Å². The molecule has 0 saturated carbocycles. The molecule has 0 radical (unpaired) electrons. The van der Waals surface area contributed by atoms with E-state index in [0.29, 0.717) is 36.8 Å². The largest absolute Gasteiger partial charge is 0.491 e. The molecule has 2 amide bonds. The third-order valence-electron chi connectivity index (χ3n) is 6.16. The molecule has 0 spiro atoms. The lowest BCUT2D eigenvalue weighted by molar-refractivity contribution is -0.128. The van der Waals surface area contributed by atoms with Crippen LogP contribution in [0.1, 0.15) is 47.4 Å². The Morgan fingerprint density at radius 1 is 1.13 bits per heavy atom. The van der Waals surface area contributed by atoms with E-state index in [2.05, 4.69) is 11.1 Å². The molecule has 2 fully saturated rings. The molecule has 2 saturated heterocycles. The molecule has 0 bridgehead atoms. The number of aromatic nitrogens is 1. The van der Waals surface area contributed by atoms with E-state index in [-0.39, 0.29) is 11.8 Å². The molecule has 2 aliphatic rings. The van der Waals surface area contributed by atoms with Crippen LogP contribution in [-0.4, -0.2) is 59.4 Å². The zero-order valence-electron chi connectivity index (χ0n) is 18.3. The lowest BCUT2D eigenvalue weighted by Gasteiger charge is -2.33. The predicted molar refractivity (Wildman–Crippen MR) is 119 cm³/mol. The maximum absolute atomic E-state index is 13.3. The first-order valence-electron chi connectivity index (χ1n) is 11.3. The van der Waals surface area contributed by atoms with Crippen molar-refractivity contribution < 1.29 is 14.3 Å². The lowest BCUT2D eigenvalue weighted by Crippen LogP contribution is -2.40. The van der Waals surface area contributed by atoms with Crippen LogP contribution in [0.5, 0.6) is 5.75 Å². The molecule has 3 heterocycles. The summed E-state index contributed by atoms with van der Waals surface area (Å²) >= 11 is 0. The molecule has 1 unspecified atom stereocenters. The third-order valence-corrected chi connectivity index (χ3v) is 6.16. The van der Waals surface area contributed by atoms with E-state index >= 15 is 0 Å². The van der Waals surface area contributed by atoms with Crippen molar-refractivity contribution in [2.45, 2.75) is 39.0 Å². The number of para-hydroxylation sites is 1. The van der Waals surface area contributed by atoms with Crippen LogP contribution in [-0.2, 0) is 11.2 Å². The molecule has 1 aromatic heterocycles. The summed E-state index contributed by atoms with van der Waals surface area (Å²) in [4.78, 5) is 33.5. The Hall–Kier alpha value is -2.89.